The van der Waals surface area contributed by atoms with Gasteiger partial charge in [0.25, 0.3) is 0 Å². The quantitative estimate of drug-likeness (QED) is 0.690. The standard InChI is InChI=1S/C11H12O.CH4O/c1-2-4-8(5-3-1)9-6-10-11(7-9)12-10;1-2/h1-5,9-11H,6-7H2;2H,1H3. The molecular weight excluding hydrogens is 176 g/mol. The Labute approximate surface area is 84.5 Å². The molecule has 76 valence electrons. The summed E-state index contributed by atoms with van der Waals surface area (Å²) in [4.78, 5) is 0. The molecule has 2 nitrogen and oxygen atoms in total. The number of fused-ring (bicyclic) bond motifs is 1. The molecule has 2 fully saturated rings. The summed E-state index contributed by atoms with van der Waals surface area (Å²) in [7, 11) is 1.00. The van der Waals surface area contributed by atoms with E-state index < -0.39 is 0 Å². The molecule has 1 aliphatic heterocycles. The predicted molar refractivity (Wildman–Crippen MR) is 55.2 cm³/mol. The van der Waals surface area contributed by atoms with Gasteiger partial charge in [0.2, 0.25) is 0 Å². The Morgan fingerprint density at radius 2 is 1.64 bits per heavy atom. The van der Waals surface area contributed by atoms with Crippen LogP contribution in [0.15, 0.2) is 30.3 Å². The third-order valence-corrected chi connectivity index (χ3v) is 2.99. The molecule has 1 saturated carbocycles. The number of benzene rings is 1. The Morgan fingerprint density at radius 3 is 2.21 bits per heavy atom. The first-order chi connectivity index (χ1) is 6.93. The van der Waals surface area contributed by atoms with Gasteiger partial charge in [-0.15, -0.1) is 0 Å². The number of ether oxygens (including phenoxy) is 1. The number of aliphatic hydroxyl groups is 1. The van der Waals surface area contributed by atoms with Gasteiger partial charge in [0.05, 0.1) is 12.2 Å². The average molecular weight is 192 g/mol. The number of aliphatic hydroxyl groups excluding tert-OH is 1. The van der Waals surface area contributed by atoms with Gasteiger partial charge in [0, 0.05) is 7.11 Å². The highest BCUT2D eigenvalue weighted by Gasteiger charge is 2.47. The lowest BCUT2D eigenvalue weighted by Gasteiger charge is -2.10. The number of hydrogen-bond acceptors (Lipinski definition) is 2. The molecule has 0 bridgehead atoms. The van der Waals surface area contributed by atoms with Gasteiger partial charge in [-0.1, -0.05) is 30.3 Å². The summed E-state index contributed by atoms with van der Waals surface area (Å²) in [6.45, 7) is 0. The Balaban J connectivity index is 0.000000354. The summed E-state index contributed by atoms with van der Waals surface area (Å²) in [6.07, 6.45) is 3.70. The Bertz CT molecular complexity index is 274. The van der Waals surface area contributed by atoms with E-state index in [0.29, 0.717) is 12.2 Å². The predicted octanol–water partition coefficient (Wildman–Crippen LogP) is 1.94. The van der Waals surface area contributed by atoms with Crippen molar-refractivity contribution in [1.82, 2.24) is 0 Å². The summed E-state index contributed by atoms with van der Waals surface area (Å²) in [6, 6.07) is 10.8. The summed E-state index contributed by atoms with van der Waals surface area (Å²) < 4.78 is 5.40. The van der Waals surface area contributed by atoms with Crippen LogP contribution in [0, 0.1) is 0 Å². The van der Waals surface area contributed by atoms with E-state index in [1.54, 1.807) is 0 Å². The minimum atomic E-state index is 0.607. The zero-order valence-electron chi connectivity index (χ0n) is 8.39. The Kier molecular flexibility index (Phi) is 2.85. The monoisotopic (exact) mass is 192 g/mol. The number of hydrogen-bond donors (Lipinski definition) is 1. The molecule has 0 radical (unpaired) electrons. The van der Waals surface area contributed by atoms with Gasteiger partial charge in [0.1, 0.15) is 0 Å². The minimum absolute atomic E-state index is 0.607. The van der Waals surface area contributed by atoms with Crippen LogP contribution < -0.4 is 0 Å². The van der Waals surface area contributed by atoms with E-state index in [1.165, 1.54) is 18.4 Å². The molecule has 0 amide bonds. The minimum Gasteiger partial charge on any atom is -0.400 e. The van der Waals surface area contributed by atoms with Crippen molar-refractivity contribution < 1.29 is 9.84 Å². The van der Waals surface area contributed by atoms with Crippen molar-refractivity contribution >= 4 is 0 Å². The topological polar surface area (TPSA) is 32.8 Å². The lowest BCUT2D eigenvalue weighted by Crippen LogP contribution is -1.96. The lowest BCUT2D eigenvalue weighted by molar-refractivity contribution is 0.304. The molecule has 0 spiro atoms. The number of rotatable bonds is 1. The van der Waals surface area contributed by atoms with Gasteiger partial charge in [-0.05, 0) is 24.3 Å². The highest BCUT2D eigenvalue weighted by Crippen LogP contribution is 2.46. The van der Waals surface area contributed by atoms with E-state index in [2.05, 4.69) is 30.3 Å². The van der Waals surface area contributed by atoms with Crippen LogP contribution >= 0.6 is 0 Å². The van der Waals surface area contributed by atoms with E-state index >= 15 is 0 Å². The van der Waals surface area contributed by atoms with Crippen LogP contribution in [0.2, 0.25) is 0 Å². The lowest BCUT2D eigenvalue weighted by atomic mass is 9.97. The molecule has 1 aliphatic carbocycles. The zero-order chi connectivity index (χ0) is 9.97. The maximum atomic E-state index is 7.00. The van der Waals surface area contributed by atoms with Crippen LogP contribution in [-0.4, -0.2) is 24.4 Å². The first kappa shape index (κ1) is 9.69. The normalized spacial score (nSPS) is 32.9. The fourth-order valence-electron chi connectivity index (χ4n) is 2.25. The second kappa shape index (κ2) is 4.11. The highest BCUT2D eigenvalue weighted by molar-refractivity contribution is 5.23. The Morgan fingerprint density at radius 1 is 1.07 bits per heavy atom. The Hall–Kier alpha value is -0.860. The molecule has 2 unspecified atom stereocenters. The van der Waals surface area contributed by atoms with Crippen molar-refractivity contribution in [3.63, 3.8) is 0 Å². The fourth-order valence-corrected chi connectivity index (χ4v) is 2.25. The SMILES string of the molecule is CO.c1ccc(C2CC3OC3C2)cc1. The highest BCUT2D eigenvalue weighted by atomic mass is 16.6. The van der Waals surface area contributed by atoms with Gasteiger partial charge in [-0.25, -0.2) is 0 Å². The third-order valence-electron chi connectivity index (χ3n) is 2.99. The maximum Gasteiger partial charge on any atom is 0.0848 e. The van der Waals surface area contributed by atoms with Gasteiger partial charge in [0.15, 0.2) is 0 Å². The van der Waals surface area contributed by atoms with Crippen LogP contribution in [0.4, 0.5) is 0 Å². The van der Waals surface area contributed by atoms with E-state index in [4.69, 9.17) is 9.84 Å². The van der Waals surface area contributed by atoms with Gasteiger partial charge in [-0.2, -0.15) is 0 Å². The second-order valence-electron chi connectivity index (χ2n) is 3.79. The van der Waals surface area contributed by atoms with Crippen molar-refractivity contribution in [1.29, 1.82) is 0 Å². The first-order valence-electron chi connectivity index (χ1n) is 5.08. The van der Waals surface area contributed by atoms with Gasteiger partial charge < -0.3 is 9.84 Å². The summed E-state index contributed by atoms with van der Waals surface area (Å²) in [5.41, 5.74) is 1.49. The molecular formula is C12H16O2. The van der Waals surface area contributed by atoms with E-state index in [-0.39, 0.29) is 0 Å². The fraction of sp³-hybridized carbons (Fsp3) is 0.500. The van der Waals surface area contributed by atoms with Crippen molar-refractivity contribution in [2.75, 3.05) is 7.11 Å². The van der Waals surface area contributed by atoms with E-state index in [0.717, 1.165) is 13.0 Å². The molecule has 1 heterocycles. The average Bonchev–Trinajstić information content (AvgIpc) is 2.90. The second-order valence-corrected chi connectivity index (χ2v) is 3.79. The molecule has 1 N–H and O–H groups in total. The molecule has 2 aliphatic rings. The number of epoxide rings is 1. The van der Waals surface area contributed by atoms with E-state index in [9.17, 15) is 0 Å². The van der Waals surface area contributed by atoms with Gasteiger partial charge in [-0.3, -0.25) is 0 Å². The molecule has 3 rings (SSSR count). The van der Waals surface area contributed by atoms with Crippen molar-refractivity contribution in [2.45, 2.75) is 31.0 Å². The first-order valence-corrected chi connectivity index (χ1v) is 5.08. The molecule has 14 heavy (non-hydrogen) atoms. The summed E-state index contributed by atoms with van der Waals surface area (Å²) in [5.74, 6) is 0.773. The molecule has 2 atom stereocenters. The molecule has 2 heteroatoms. The van der Waals surface area contributed by atoms with Gasteiger partial charge >= 0.3 is 0 Å². The van der Waals surface area contributed by atoms with Crippen molar-refractivity contribution in [3.8, 4) is 0 Å². The van der Waals surface area contributed by atoms with Crippen LogP contribution in [0.5, 0.6) is 0 Å². The molecule has 0 aromatic heterocycles. The van der Waals surface area contributed by atoms with Crippen LogP contribution in [0.3, 0.4) is 0 Å². The van der Waals surface area contributed by atoms with Crippen LogP contribution in [-0.2, 0) is 4.74 Å². The smallest absolute Gasteiger partial charge is 0.0848 e. The molecule has 1 saturated heterocycles. The van der Waals surface area contributed by atoms with Crippen LogP contribution in [0.25, 0.3) is 0 Å². The van der Waals surface area contributed by atoms with Crippen LogP contribution in [0.1, 0.15) is 24.3 Å². The molecule has 1 aromatic carbocycles. The largest absolute Gasteiger partial charge is 0.400 e. The van der Waals surface area contributed by atoms with E-state index in [1.807, 2.05) is 0 Å². The maximum absolute atomic E-state index is 7.00. The zero-order valence-corrected chi connectivity index (χ0v) is 8.39. The van der Waals surface area contributed by atoms with Crippen molar-refractivity contribution in [3.05, 3.63) is 35.9 Å². The van der Waals surface area contributed by atoms with Crippen molar-refractivity contribution in [2.24, 2.45) is 0 Å². The third kappa shape index (κ3) is 1.81. The summed E-state index contributed by atoms with van der Waals surface area (Å²) >= 11 is 0. The molecule has 1 aromatic rings. The summed E-state index contributed by atoms with van der Waals surface area (Å²) in [5, 5.41) is 7.00.